The SMILES string of the molecule is CCc1ccccc1N1CCC(=O)NC(C(C)(C)C)C1=O. The average Bonchev–Trinajstić information content (AvgIpc) is 2.58. The van der Waals surface area contributed by atoms with E-state index in [1.54, 1.807) is 4.90 Å². The summed E-state index contributed by atoms with van der Waals surface area (Å²) >= 11 is 0. The number of para-hydroxylation sites is 1. The number of hydrogen-bond donors (Lipinski definition) is 1. The number of aryl methyl sites for hydroxylation is 1. The molecule has 1 aromatic rings. The molecule has 1 saturated heterocycles. The van der Waals surface area contributed by atoms with E-state index in [1.165, 1.54) is 0 Å². The van der Waals surface area contributed by atoms with Crippen molar-refractivity contribution in [2.45, 2.75) is 46.6 Å². The van der Waals surface area contributed by atoms with E-state index in [-0.39, 0.29) is 17.2 Å². The summed E-state index contributed by atoms with van der Waals surface area (Å²) in [5.41, 5.74) is 1.75. The first-order valence-corrected chi connectivity index (χ1v) is 7.53. The second kappa shape index (κ2) is 5.88. The van der Waals surface area contributed by atoms with Crippen LogP contribution in [0, 0.1) is 5.41 Å². The van der Waals surface area contributed by atoms with Crippen LogP contribution in [0.3, 0.4) is 0 Å². The number of nitrogens with zero attached hydrogens (tertiary/aromatic N) is 1. The van der Waals surface area contributed by atoms with Crippen molar-refractivity contribution in [1.29, 1.82) is 0 Å². The summed E-state index contributed by atoms with van der Waals surface area (Å²) < 4.78 is 0. The van der Waals surface area contributed by atoms with Crippen molar-refractivity contribution in [2.24, 2.45) is 5.41 Å². The molecule has 2 rings (SSSR count). The van der Waals surface area contributed by atoms with Crippen LogP contribution in [0.15, 0.2) is 24.3 Å². The number of anilines is 1. The molecule has 0 aromatic heterocycles. The van der Waals surface area contributed by atoms with Crippen LogP contribution in [0.1, 0.15) is 39.7 Å². The van der Waals surface area contributed by atoms with Gasteiger partial charge in [0.2, 0.25) is 11.8 Å². The first-order valence-electron chi connectivity index (χ1n) is 7.53. The Labute approximate surface area is 126 Å². The first-order chi connectivity index (χ1) is 9.84. The molecule has 21 heavy (non-hydrogen) atoms. The zero-order valence-electron chi connectivity index (χ0n) is 13.3. The summed E-state index contributed by atoms with van der Waals surface area (Å²) in [5.74, 6) is -0.0750. The van der Waals surface area contributed by atoms with Crippen LogP contribution in [0.2, 0.25) is 0 Å². The monoisotopic (exact) mass is 288 g/mol. The number of benzene rings is 1. The molecule has 0 spiro atoms. The van der Waals surface area contributed by atoms with Gasteiger partial charge in [0.1, 0.15) is 6.04 Å². The Balaban J connectivity index is 2.42. The van der Waals surface area contributed by atoms with Crippen LogP contribution in [-0.2, 0) is 16.0 Å². The van der Waals surface area contributed by atoms with Gasteiger partial charge in [-0.25, -0.2) is 0 Å². The van der Waals surface area contributed by atoms with E-state index in [9.17, 15) is 9.59 Å². The molecule has 2 amide bonds. The highest BCUT2D eigenvalue weighted by atomic mass is 16.2. The Morgan fingerprint density at radius 3 is 2.52 bits per heavy atom. The topological polar surface area (TPSA) is 49.4 Å². The minimum Gasteiger partial charge on any atom is -0.344 e. The van der Waals surface area contributed by atoms with E-state index in [1.807, 2.05) is 45.0 Å². The fourth-order valence-corrected chi connectivity index (χ4v) is 2.67. The summed E-state index contributed by atoms with van der Waals surface area (Å²) in [6.07, 6.45) is 1.21. The van der Waals surface area contributed by atoms with E-state index in [4.69, 9.17) is 0 Å². The van der Waals surface area contributed by atoms with Crippen molar-refractivity contribution >= 4 is 17.5 Å². The fourth-order valence-electron chi connectivity index (χ4n) is 2.67. The van der Waals surface area contributed by atoms with Gasteiger partial charge in [0.25, 0.3) is 0 Å². The van der Waals surface area contributed by atoms with Gasteiger partial charge in [-0.1, -0.05) is 45.9 Å². The normalized spacial score (nSPS) is 20.2. The zero-order chi connectivity index (χ0) is 15.6. The Morgan fingerprint density at radius 1 is 1.24 bits per heavy atom. The highest BCUT2D eigenvalue weighted by Crippen LogP contribution is 2.28. The maximum atomic E-state index is 12.9. The van der Waals surface area contributed by atoms with Gasteiger partial charge >= 0.3 is 0 Å². The lowest BCUT2D eigenvalue weighted by atomic mass is 9.85. The van der Waals surface area contributed by atoms with Crippen molar-refractivity contribution < 1.29 is 9.59 Å². The predicted molar refractivity (Wildman–Crippen MR) is 84.2 cm³/mol. The fraction of sp³-hybridized carbons (Fsp3) is 0.529. The Morgan fingerprint density at radius 2 is 1.90 bits per heavy atom. The largest absolute Gasteiger partial charge is 0.344 e. The average molecular weight is 288 g/mol. The molecule has 1 atom stereocenters. The standard InChI is InChI=1S/C17H24N2O2/c1-5-12-8-6-7-9-13(12)19-11-10-14(20)18-15(16(19)21)17(2,3)4/h6-9,15H,5,10-11H2,1-4H3,(H,18,20). The van der Waals surface area contributed by atoms with Crippen LogP contribution in [0.5, 0.6) is 0 Å². The van der Waals surface area contributed by atoms with Gasteiger partial charge in [0.05, 0.1) is 0 Å². The lowest BCUT2D eigenvalue weighted by Crippen LogP contribution is -2.52. The van der Waals surface area contributed by atoms with E-state index in [0.717, 1.165) is 17.7 Å². The maximum absolute atomic E-state index is 12.9. The minimum atomic E-state index is -0.489. The molecule has 0 bridgehead atoms. The quantitative estimate of drug-likeness (QED) is 0.909. The predicted octanol–water partition coefficient (Wildman–Crippen LogP) is 2.52. The van der Waals surface area contributed by atoms with Gasteiger partial charge in [0, 0.05) is 18.7 Å². The molecule has 1 N–H and O–H groups in total. The van der Waals surface area contributed by atoms with Crippen molar-refractivity contribution in [1.82, 2.24) is 5.32 Å². The molecule has 1 heterocycles. The molecule has 1 unspecified atom stereocenters. The van der Waals surface area contributed by atoms with E-state index < -0.39 is 6.04 Å². The molecule has 0 aliphatic carbocycles. The molecule has 1 aromatic carbocycles. The lowest BCUT2D eigenvalue weighted by molar-refractivity contribution is -0.127. The summed E-state index contributed by atoms with van der Waals surface area (Å²) in [6, 6.07) is 7.43. The zero-order valence-corrected chi connectivity index (χ0v) is 13.3. The minimum absolute atomic E-state index is 0.0192. The van der Waals surface area contributed by atoms with Gasteiger partial charge in [-0.05, 0) is 23.5 Å². The van der Waals surface area contributed by atoms with Crippen molar-refractivity contribution in [3.8, 4) is 0 Å². The van der Waals surface area contributed by atoms with Gasteiger partial charge in [-0.2, -0.15) is 0 Å². The number of rotatable bonds is 2. The first kappa shape index (κ1) is 15.5. The molecular weight excluding hydrogens is 264 g/mol. The second-order valence-corrected chi connectivity index (χ2v) is 6.59. The second-order valence-electron chi connectivity index (χ2n) is 6.59. The lowest BCUT2D eigenvalue weighted by Gasteiger charge is -2.33. The van der Waals surface area contributed by atoms with E-state index in [0.29, 0.717) is 13.0 Å². The Bertz CT molecular complexity index is 546. The Kier molecular flexibility index (Phi) is 4.35. The van der Waals surface area contributed by atoms with Crippen LogP contribution in [0.4, 0.5) is 5.69 Å². The number of carbonyl (C=O) groups excluding carboxylic acids is 2. The summed E-state index contributed by atoms with van der Waals surface area (Å²) in [7, 11) is 0. The van der Waals surface area contributed by atoms with Crippen LogP contribution in [-0.4, -0.2) is 24.4 Å². The Hall–Kier alpha value is -1.84. The van der Waals surface area contributed by atoms with E-state index >= 15 is 0 Å². The highest BCUT2D eigenvalue weighted by Gasteiger charge is 2.38. The third-order valence-corrected chi connectivity index (χ3v) is 3.91. The van der Waals surface area contributed by atoms with Crippen LogP contribution in [0.25, 0.3) is 0 Å². The molecule has 1 aliphatic rings. The molecule has 114 valence electrons. The van der Waals surface area contributed by atoms with E-state index in [2.05, 4.69) is 12.2 Å². The summed E-state index contributed by atoms with van der Waals surface area (Å²) in [6.45, 7) is 8.45. The smallest absolute Gasteiger partial charge is 0.250 e. The maximum Gasteiger partial charge on any atom is 0.250 e. The van der Waals surface area contributed by atoms with Crippen LogP contribution < -0.4 is 10.2 Å². The molecule has 0 radical (unpaired) electrons. The third kappa shape index (κ3) is 3.26. The van der Waals surface area contributed by atoms with Crippen molar-refractivity contribution in [3.05, 3.63) is 29.8 Å². The van der Waals surface area contributed by atoms with Crippen LogP contribution >= 0.6 is 0 Å². The molecule has 1 aliphatic heterocycles. The van der Waals surface area contributed by atoms with Gasteiger partial charge in [-0.3, -0.25) is 9.59 Å². The third-order valence-electron chi connectivity index (χ3n) is 3.91. The molecule has 0 saturated carbocycles. The number of carbonyl (C=O) groups is 2. The number of amides is 2. The van der Waals surface area contributed by atoms with Gasteiger partial charge < -0.3 is 10.2 Å². The van der Waals surface area contributed by atoms with Crippen molar-refractivity contribution in [2.75, 3.05) is 11.4 Å². The molecule has 4 heteroatoms. The number of hydrogen-bond acceptors (Lipinski definition) is 2. The highest BCUT2D eigenvalue weighted by molar-refractivity contribution is 6.02. The molecule has 1 fully saturated rings. The molecule has 4 nitrogen and oxygen atoms in total. The summed E-state index contributed by atoms with van der Waals surface area (Å²) in [5, 5.41) is 2.88. The van der Waals surface area contributed by atoms with Crippen molar-refractivity contribution in [3.63, 3.8) is 0 Å². The van der Waals surface area contributed by atoms with Gasteiger partial charge in [-0.15, -0.1) is 0 Å². The molecular formula is C17H24N2O2. The van der Waals surface area contributed by atoms with Gasteiger partial charge in [0.15, 0.2) is 0 Å². The number of nitrogens with one attached hydrogen (secondary N) is 1. The summed E-state index contributed by atoms with van der Waals surface area (Å²) in [4.78, 5) is 26.6.